The fourth-order valence-electron chi connectivity index (χ4n) is 2.41. The zero-order chi connectivity index (χ0) is 16.4. The normalized spacial score (nSPS) is 13.1. The molecule has 0 amide bonds. The van der Waals surface area contributed by atoms with Gasteiger partial charge >= 0.3 is 0 Å². The van der Waals surface area contributed by atoms with Gasteiger partial charge in [0.05, 0.1) is 11.0 Å². The van der Waals surface area contributed by atoms with E-state index in [0.717, 1.165) is 22.0 Å². The molecule has 0 atom stereocenters. The molecule has 2 N–H and O–H groups in total. The highest BCUT2D eigenvalue weighted by molar-refractivity contribution is 7.98. The number of aromatic nitrogens is 2. The van der Waals surface area contributed by atoms with Crippen LogP contribution in [0.25, 0.3) is 6.08 Å². The van der Waals surface area contributed by atoms with Crippen LogP contribution in [0.5, 0.6) is 5.88 Å². The Morgan fingerprint density at radius 3 is 2.88 bits per heavy atom. The number of rotatable bonds is 4. The zero-order valence-corrected chi connectivity index (χ0v) is 13.5. The van der Waals surface area contributed by atoms with Gasteiger partial charge in [-0.2, -0.15) is 4.98 Å². The quantitative estimate of drug-likeness (QED) is 0.720. The molecule has 0 spiro atoms. The predicted octanol–water partition coefficient (Wildman–Crippen LogP) is 2.53. The molecule has 2 heterocycles. The Bertz CT molecular complexity index is 1020. The number of benzene rings is 2. The van der Waals surface area contributed by atoms with Gasteiger partial charge in [0.15, 0.2) is 5.16 Å². The number of aromatic hydroxyl groups is 1. The minimum absolute atomic E-state index is 0.000695. The minimum atomic E-state index is -0.000695. The van der Waals surface area contributed by atoms with Crippen molar-refractivity contribution in [1.82, 2.24) is 9.97 Å². The molecule has 1 aliphatic rings. The van der Waals surface area contributed by atoms with Gasteiger partial charge in [0.1, 0.15) is 12.0 Å². The Kier molecular flexibility index (Phi) is 3.88. The summed E-state index contributed by atoms with van der Waals surface area (Å²) in [4.78, 5) is 15.7. The van der Waals surface area contributed by atoms with E-state index in [2.05, 4.69) is 32.1 Å². The first-order chi connectivity index (χ1) is 11.8. The molecule has 4 rings (SSSR count). The van der Waals surface area contributed by atoms with Crippen molar-refractivity contribution >= 4 is 29.9 Å². The van der Waals surface area contributed by atoms with E-state index in [1.54, 1.807) is 18.1 Å². The van der Waals surface area contributed by atoms with Gasteiger partial charge < -0.3 is 10.1 Å². The van der Waals surface area contributed by atoms with Crippen molar-refractivity contribution in [2.75, 3.05) is 0 Å². The van der Waals surface area contributed by atoms with Gasteiger partial charge in [0, 0.05) is 5.75 Å². The van der Waals surface area contributed by atoms with Crippen molar-refractivity contribution in [2.24, 2.45) is 9.98 Å². The number of imidazole rings is 1. The average molecular weight is 334 g/mol. The third-order valence-corrected chi connectivity index (χ3v) is 4.56. The molecule has 6 heteroatoms. The maximum Gasteiger partial charge on any atom is 0.237 e. The molecule has 5 nitrogen and oxygen atoms in total. The first kappa shape index (κ1) is 14.7. The number of thioether (sulfide) groups is 1. The van der Waals surface area contributed by atoms with Crippen LogP contribution in [-0.4, -0.2) is 21.4 Å². The molecule has 1 aromatic heterocycles. The lowest BCUT2D eigenvalue weighted by Gasteiger charge is -1.97. The van der Waals surface area contributed by atoms with Crippen molar-refractivity contribution in [1.29, 1.82) is 0 Å². The first-order valence-electron chi connectivity index (χ1n) is 7.46. The van der Waals surface area contributed by atoms with Crippen LogP contribution in [0.3, 0.4) is 0 Å². The largest absolute Gasteiger partial charge is 0.492 e. The van der Waals surface area contributed by atoms with Crippen LogP contribution < -0.4 is 10.6 Å². The maximum absolute atomic E-state index is 10.0. The SMILES string of the molecule is Oc1nc(SCc2ccccc2)[nH]c1/C=c1/ccc2c(c1)N=CN=2. The van der Waals surface area contributed by atoms with E-state index in [4.69, 9.17) is 0 Å². The first-order valence-corrected chi connectivity index (χ1v) is 8.44. The summed E-state index contributed by atoms with van der Waals surface area (Å²) >= 11 is 1.55. The van der Waals surface area contributed by atoms with Crippen LogP contribution in [0.1, 0.15) is 11.3 Å². The highest BCUT2D eigenvalue weighted by Gasteiger charge is 2.08. The second-order valence-corrected chi connectivity index (χ2v) is 6.28. The summed E-state index contributed by atoms with van der Waals surface area (Å²) in [5, 5.41) is 12.5. The summed E-state index contributed by atoms with van der Waals surface area (Å²) in [6, 6.07) is 15.9. The number of nitrogens with one attached hydrogen (secondary N) is 1. The second-order valence-electron chi connectivity index (χ2n) is 5.32. The highest BCUT2D eigenvalue weighted by Crippen LogP contribution is 2.24. The Morgan fingerprint density at radius 1 is 1.12 bits per heavy atom. The molecule has 0 saturated heterocycles. The van der Waals surface area contributed by atoms with E-state index >= 15 is 0 Å². The van der Waals surface area contributed by atoms with Gasteiger partial charge in [0.2, 0.25) is 5.88 Å². The molecule has 118 valence electrons. The number of hydrogen-bond acceptors (Lipinski definition) is 5. The number of aromatic amines is 1. The van der Waals surface area contributed by atoms with E-state index in [-0.39, 0.29) is 5.88 Å². The molecule has 1 aliphatic heterocycles. The molecule has 0 radical (unpaired) electrons. The van der Waals surface area contributed by atoms with Crippen LogP contribution in [-0.2, 0) is 5.75 Å². The Labute approximate surface area is 142 Å². The molecule has 3 aromatic rings. The van der Waals surface area contributed by atoms with Gasteiger partial charge in [-0.15, -0.1) is 0 Å². The van der Waals surface area contributed by atoms with Crippen molar-refractivity contribution < 1.29 is 5.11 Å². The summed E-state index contributed by atoms with van der Waals surface area (Å²) in [5.74, 6) is 0.793. The molecule has 0 bridgehead atoms. The minimum Gasteiger partial charge on any atom is -0.492 e. The summed E-state index contributed by atoms with van der Waals surface area (Å²) in [6.07, 6.45) is 3.39. The molecule has 0 saturated carbocycles. The average Bonchev–Trinajstić information content (AvgIpc) is 3.20. The molecular weight excluding hydrogens is 320 g/mol. The predicted molar refractivity (Wildman–Crippen MR) is 95.2 cm³/mol. The van der Waals surface area contributed by atoms with Gasteiger partial charge in [0.25, 0.3) is 0 Å². The van der Waals surface area contributed by atoms with Gasteiger partial charge in [-0.05, 0) is 29.0 Å². The second kappa shape index (κ2) is 6.33. The number of H-pyrrole nitrogens is 1. The fraction of sp³-hybridized carbons (Fsp3) is 0.0556. The van der Waals surface area contributed by atoms with Crippen molar-refractivity contribution in [3.63, 3.8) is 0 Å². The lowest BCUT2D eigenvalue weighted by molar-refractivity contribution is 0.453. The van der Waals surface area contributed by atoms with Gasteiger partial charge in [-0.3, -0.25) is 0 Å². The lowest BCUT2D eigenvalue weighted by Crippen LogP contribution is -2.06. The lowest BCUT2D eigenvalue weighted by atomic mass is 10.2. The third-order valence-electron chi connectivity index (χ3n) is 3.61. The van der Waals surface area contributed by atoms with Crippen molar-refractivity contribution in [3.8, 4) is 5.88 Å². The maximum atomic E-state index is 10.0. The molecular formula is C18H14N4OS. The van der Waals surface area contributed by atoms with E-state index in [9.17, 15) is 5.11 Å². The Hall–Kier alpha value is -2.86. The van der Waals surface area contributed by atoms with Crippen LogP contribution >= 0.6 is 11.8 Å². The van der Waals surface area contributed by atoms with E-state index in [1.807, 2.05) is 42.5 Å². The number of nitrogens with zero attached hydrogens (tertiary/aromatic N) is 3. The van der Waals surface area contributed by atoms with Crippen LogP contribution in [0.15, 0.2) is 63.7 Å². The topological polar surface area (TPSA) is 73.6 Å². The van der Waals surface area contributed by atoms with Gasteiger partial charge in [-0.1, -0.05) is 48.2 Å². The van der Waals surface area contributed by atoms with Crippen molar-refractivity contribution in [2.45, 2.75) is 10.9 Å². The number of fused-ring (bicyclic) bond motifs is 1. The summed E-state index contributed by atoms with van der Waals surface area (Å²) < 4.78 is 0. The standard InChI is InChI=1S/C18H14N4OS/c23-17-16(9-13-6-7-14-15(8-13)20-11-19-14)21-18(22-17)24-10-12-4-2-1-3-5-12/h1-9,11,23H,10H2,(H,21,22)/b13-9-. The zero-order valence-electron chi connectivity index (χ0n) is 12.7. The van der Waals surface area contributed by atoms with Crippen LogP contribution in [0, 0.1) is 0 Å². The van der Waals surface area contributed by atoms with Gasteiger partial charge in [-0.25, -0.2) is 9.98 Å². The monoisotopic (exact) mass is 334 g/mol. The molecule has 0 fully saturated rings. The highest BCUT2D eigenvalue weighted by atomic mass is 32.2. The molecule has 0 aliphatic carbocycles. The smallest absolute Gasteiger partial charge is 0.237 e. The Morgan fingerprint density at radius 2 is 2.00 bits per heavy atom. The number of hydrogen-bond donors (Lipinski definition) is 2. The molecule has 0 unspecified atom stereocenters. The van der Waals surface area contributed by atoms with E-state index in [0.29, 0.717) is 10.9 Å². The fourth-order valence-corrected chi connectivity index (χ4v) is 3.24. The van der Waals surface area contributed by atoms with Crippen molar-refractivity contribution in [3.05, 3.63) is 70.4 Å². The molecule has 24 heavy (non-hydrogen) atoms. The number of aliphatic imine (C=N–C) groups is 1. The van der Waals surface area contributed by atoms with E-state index in [1.165, 1.54) is 5.56 Å². The Balaban J connectivity index is 1.56. The third kappa shape index (κ3) is 3.09. The molecule has 2 aromatic carbocycles. The summed E-state index contributed by atoms with van der Waals surface area (Å²) in [7, 11) is 0. The summed E-state index contributed by atoms with van der Waals surface area (Å²) in [6.45, 7) is 0. The van der Waals surface area contributed by atoms with Crippen LogP contribution in [0.4, 0.5) is 5.69 Å². The summed E-state index contributed by atoms with van der Waals surface area (Å²) in [5.41, 5.74) is 2.63. The van der Waals surface area contributed by atoms with Crippen LogP contribution in [0.2, 0.25) is 0 Å². The van der Waals surface area contributed by atoms with E-state index < -0.39 is 0 Å².